The molecule has 1 unspecified atom stereocenters. The van der Waals surface area contributed by atoms with Crippen molar-refractivity contribution in [1.29, 1.82) is 0 Å². The zero-order valence-electron chi connectivity index (χ0n) is 14.4. The van der Waals surface area contributed by atoms with E-state index < -0.39 is 0 Å². The molecule has 25 heavy (non-hydrogen) atoms. The second-order valence-electron chi connectivity index (χ2n) is 5.47. The fraction of sp³-hybridized carbons (Fsp3) is 0.316. The number of ether oxygens (including phenoxy) is 2. The number of rotatable bonds is 9. The third kappa shape index (κ3) is 5.74. The topological polar surface area (TPSA) is 59.6 Å². The Balaban J connectivity index is 2.21. The predicted molar refractivity (Wildman–Crippen MR) is 99.2 cm³/mol. The van der Waals surface area contributed by atoms with Gasteiger partial charge in [0.15, 0.2) is 0 Å². The predicted octanol–water partition coefficient (Wildman–Crippen LogP) is 2.79. The highest BCUT2D eigenvalue weighted by Crippen LogP contribution is 2.29. The standard InChI is InChI=1S/C19H23ClN2O3/c1-24-11-10-21-13-18(23)22-19(16-8-3-4-9-17(16)20)14-6-5-7-15(12-14)25-2/h3-9,12,19,21H,10-11,13H2,1-2H3,(H,22,23). The number of amides is 1. The summed E-state index contributed by atoms with van der Waals surface area (Å²) in [6.07, 6.45) is 0. The van der Waals surface area contributed by atoms with Crippen LogP contribution in [0, 0.1) is 0 Å². The molecule has 5 nitrogen and oxygen atoms in total. The molecule has 0 saturated heterocycles. The van der Waals surface area contributed by atoms with Crippen molar-refractivity contribution in [2.45, 2.75) is 6.04 Å². The second-order valence-corrected chi connectivity index (χ2v) is 5.88. The molecule has 1 atom stereocenters. The molecule has 134 valence electrons. The van der Waals surface area contributed by atoms with Gasteiger partial charge in [0.25, 0.3) is 0 Å². The van der Waals surface area contributed by atoms with Crippen LogP contribution < -0.4 is 15.4 Å². The minimum absolute atomic E-state index is 0.121. The fourth-order valence-electron chi connectivity index (χ4n) is 2.46. The van der Waals surface area contributed by atoms with Gasteiger partial charge in [0.05, 0.1) is 26.3 Å². The smallest absolute Gasteiger partial charge is 0.234 e. The Kier molecular flexibility index (Phi) is 7.73. The Labute approximate surface area is 153 Å². The minimum atomic E-state index is -0.361. The van der Waals surface area contributed by atoms with Crippen molar-refractivity contribution in [3.63, 3.8) is 0 Å². The number of carbonyl (C=O) groups is 1. The van der Waals surface area contributed by atoms with Crippen LogP contribution in [0.25, 0.3) is 0 Å². The monoisotopic (exact) mass is 362 g/mol. The van der Waals surface area contributed by atoms with Gasteiger partial charge >= 0.3 is 0 Å². The Morgan fingerprint density at radius 3 is 2.68 bits per heavy atom. The van der Waals surface area contributed by atoms with Crippen molar-refractivity contribution in [3.8, 4) is 5.75 Å². The van der Waals surface area contributed by atoms with Gasteiger partial charge in [-0.2, -0.15) is 0 Å². The normalized spacial score (nSPS) is 11.8. The van der Waals surface area contributed by atoms with E-state index in [1.165, 1.54) is 0 Å². The van der Waals surface area contributed by atoms with E-state index in [0.717, 1.165) is 16.9 Å². The van der Waals surface area contributed by atoms with Crippen LogP contribution in [0.1, 0.15) is 17.2 Å². The Hall–Kier alpha value is -2.08. The number of nitrogens with one attached hydrogen (secondary N) is 2. The van der Waals surface area contributed by atoms with E-state index in [4.69, 9.17) is 21.1 Å². The van der Waals surface area contributed by atoms with Crippen molar-refractivity contribution < 1.29 is 14.3 Å². The molecule has 0 aliphatic carbocycles. The molecule has 0 spiro atoms. The lowest BCUT2D eigenvalue weighted by atomic mass is 9.98. The van der Waals surface area contributed by atoms with E-state index in [2.05, 4.69) is 10.6 Å². The fourth-order valence-corrected chi connectivity index (χ4v) is 2.70. The highest BCUT2D eigenvalue weighted by molar-refractivity contribution is 6.31. The lowest BCUT2D eigenvalue weighted by Gasteiger charge is -2.21. The summed E-state index contributed by atoms with van der Waals surface area (Å²) in [6, 6.07) is 14.7. The van der Waals surface area contributed by atoms with Gasteiger partial charge in [-0.3, -0.25) is 4.79 Å². The van der Waals surface area contributed by atoms with Crippen LogP contribution in [0.15, 0.2) is 48.5 Å². The lowest BCUT2D eigenvalue weighted by Crippen LogP contribution is -2.37. The molecular weight excluding hydrogens is 340 g/mol. The molecule has 6 heteroatoms. The summed E-state index contributed by atoms with van der Waals surface area (Å²) in [4.78, 5) is 12.3. The van der Waals surface area contributed by atoms with E-state index in [1.54, 1.807) is 14.2 Å². The summed E-state index contributed by atoms with van der Waals surface area (Å²) >= 11 is 6.36. The van der Waals surface area contributed by atoms with E-state index in [-0.39, 0.29) is 18.5 Å². The molecule has 0 saturated carbocycles. The summed E-state index contributed by atoms with van der Waals surface area (Å²) in [5, 5.41) is 6.67. The average Bonchev–Trinajstić information content (AvgIpc) is 2.64. The molecule has 2 aromatic carbocycles. The van der Waals surface area contributed by atoms with Crippen LogP contribution in [0.4, 0.5) is 0 Å². The summed E-state index contributed by atoms with van der Waals surface area (Å²) in [5.74, 6) is 0.603. The molecule has 2 rings (SSSR count). The average molecular weight is 363 g/mol. The van der Waals surface area contributed by atoms with E-state index >= 15 is 0 Å². The molecule has 0 bridgehead atoms. The molecule has 2 N–H and O–H groups in total. The van der Waals surface area contributed by atoms with E-state index in [9.17, 15) is 4.79 Å². The first-order valence-corrected chi connectivity index (χ1v) is 8.41. The molecule has 1 amide bonds. The molecule has 0 aromatic heterocycles. The maximum absolute atomic E-state index is 12.3. The van der Waals surface area contributed by atoms with E-state index in [1.807, 2.05) is 48.5 Å². The molecule has 0 heterocycles. The SMILES string of the molecule is COCCNCC(=O)NC(c1cccc(OC)c1)c1ccccc1Cl. The third-order valence-electron chi connectivity index (χ3n) is 3.72. The maximum Gasteiger partial charge on any atom is 0.234 e. The Morgan fingerprint density at radius 2 is 1.96 bits per heavy atom. The van der Waals surface area contributed by atoms with Gasteiger partial charge in [0.1, 0.15) is 5.75 Å². The highest BCUT2D eigenvalue weighted by Gasteiger charge is 2.19. The summed E-state index contributed by atoms with van der Waals surface area (Å²) < 4.78 is 10.3. The van der Waals surface area contributed by atoms with Gasteiger partial charge in [-0.05, 0) is 29.3 Å². The van der Waals surface area contributed by atoms with Crippen LogP contribution in [0.5, 0.6) is 5.75 Å². The van der Waals surface area contributed by atoms with Gasteiger partial charge in [-0.15, -0.1) is 0 Å². The molecule has 0 aliphatic rings. The first kappa shape index (κ1) is 19.2. The highest BCUT2D eigenvalue weighted by atomic mass is 35.5. The number of halogens is 1. The molecular formula is C19H23ClN2O3. The molecule has 0 aliphatic heterocycles. The molecule has 2 aromatic rings. The van der Waals surface area contributed by atoms with Gasteiger partial charge in [0.2, 0.25) is 5.91 Å². The number of benzene rings is 2. The van der Waals surface area contributed by atoms with Gasteiger partial charge in [-0.25, -0.2) is 0 Å². The Morgan fingerprint density at radius 1 is 1.16 bits per heavy atom. The van der Waals surface area contributed by atoms with Gasteiger partial charge < -0.3 is 20.1 Å². The Bertz CT molecular complexity index is 694. The summed E-state index contributed by atoms with van der Waals surface area (Å²) in [5.41, 5.74) is 1.74. The van der Waals surface area contributed by atoms with Gasteiger partial charge in [-0.1, -0.05) is 41.9 Å². The van der Waals surface area contributed by atoms with Crippen LogP contribution in [-0.2, 0) is 9.53 Å². The maximum atomic E-state index is 12.3. The van der Waals surface area contributed by atoms with Crippen LogP contribution in [0.2, 0.25) is 5.02 Å². The van der Waals surface area contributed by atoms with Crippen molar-refractivity contribution in [2.75, 3.05) is 33.9 Å². The first-order chi connectivity index (χ1) is 12.2. The van der Waals surface area contributed by atoms with Crippen molar-refractivity contribution in [3.05, 3.63) is 64.7 Å². The van der Waals surface area contributed by atoms with Gasteiger partial charge in [0, 0.05) is 18.7 Å². The third-order valence-corrected chi connectivity index (χ3v) is 4.06. The zero-order valence-corrected chi connectivity index (χ0v) is 15.2. The first-order valence-electron chi connectivity index (χ1n) is 8.03. The molecule has 0 fully saturated rings. The van der Waals surface area contributed by atoms with Crippen molar-refractivity contribution in [2.24, 2.45) is 0 Å². The summed E-state index contributed by atoms with van der Waals surface area (Å²) in [7, 11) is 3.24. The minimum Gasteiger partial charge on any atom is -0.497 e. The lowest BCUT2D eigenvalue weighted by molar-refractivity contribution is -0.120. The number of hydrogen-bond donors (Lipinski definition) is 2. The molecule has 0 radical (unpaired) electrons. The van der Waals surface area contributed by atoms with Crippen molar-refractivity contribution in [1.82, 2.24) is 10.6 Å². The largest absolute Gasteiger partial charge is 0.497 e. The van der Waals surface area contributed by atoms with E-state index in [0.29, 0.717) is 18.2 Å². The zero-order chi connectivity index (χ0) is 18.1. The second kappa shape index (κ2) is 10.0. The van der Waals surface area contributed by atoms with Crippen LogP contribution in [-0.4, -0.2) is 39.8 Å². The van der Waals surface area contributed by atoms with Crippen molar-refractivity contribution >= 4 is 17.5 Å². The number of hydrogen-bond acceptors (Lipinski definition) is 4. The summed E-state index contributed by atoms with van der Waals surface area (Å²) in [6.45, 7) is 1.37. The van der Waals surface area contributed by atoms with Crippen LogP contribution in [0.3, 0.4) is 0 Å². The number of methoxy groups -OCH3 is 2. The quantitative estimate of drug-likeness (QED) is 0.673. The number of carbonyl (C=O) groups excluding carboxylic acids is 1. The van der Waals surface area contributed by atoms with Crippen LogP contribution >= 0.6 is 11.6 Å².